The summed E-state index contributed by atoms with van der Waals surface area (Å²) in [4.78, 5) is 4.74. The van der Waals surface area contributed by atoms with Crippen molar-refractivity contribution in [1.29, 1.82) is 0 Å². The van der Waals surface area contributed by atoms with E-state index < -0.39 is 0 Å². The molecule has 0 spiro atoms. The highest BCUT2D eigenvalue weighted by atomic mass is 15.1. The third-order valence-electron chi connectivity index (χ3n) is 9.95. The highest BCUT2D eigenvalue weighted by Crippen LogP contribution is 2.47. The second-order valence-corrected chi connectivity index (χ2v) is 14.0. The van der Waals surface area contributed by atoms with Gasteiger partial charge in [0.05, 0.1) is 0 Å². The van der Waals surface area contributed by atoms with Gasteiger partial charge in [0.1, 0.15) is 0 Å². The maximum atomic E-state index is 2.40. The highest BCUT2D eigenvalue weighted by Gasteiger charge is 2.36. The molecule has 0 bridgehead atoms. The molecule has 0 heterocycles. The van der Waals surface area contributed by atoms with Gasteiger partial charge in [-0.25, -0.2) is 0 Å². The molecule has 0 N–H and O–H groups in total. The van der Waals surface area contributed by atoms with Gasteiger partial charge in [0.25, 0.3) is 0 Å². The second-order valence-electron chi connectivity index (χ2n) is 14.0. The first-order chi connectivity index (χ1) is 24.2. The van der Waals surface area contributed by atoms with Gasteiger partial charge in [-0.05, 0) is 132 Å². The van der Waals surface area contributed by atoms with E-state index in [0.717, 1.165) is 0 Å². The van der Waals surface area contributed by atoms with E-state index in [9.17, 15) is 0 Å². The van der Waals surface area contributed by atoms with Crippen molar-refractivity contribution in [2.45, 2.75) is 92.9 Å². The van der Waals surface area contributed by atoms with E-state index in [2.05, 4.69) is 185 Å². The zero-order valence-corrected chi connectivity index (χ0v) is 31.6. The zero-order valence-electron chi connectivity index (χ0n) is 31.6. The summed E-state index contributed by atoms with van der Waals surface area (Å²) in [7, 11) is 0. The topological polar surface area (TPSA) is 6.48 Å². The van der Waals surface area contributed by atoms with Crippen molar-refractivity contribution in [2.75, 3.05) is 9.80 Å². The molecule has 258 valence electrons. The summed E-state index contributed by atoms with van der Waals surface area (Å²) in [6, 6.07) is 45.5. The molecule has 5 aromatic carbocycles. The number of hydrogen-bond acceptors (Lipinski definition) is 2. The van der Waals surface area contributed by atoms with Gasteiger partial charge in [-0.2, -0.15) is 0 Å². The van der Waals surface area contributed by atoms with Gasteiger partial charge in [0.15, 0.2) is 0 Å². The minimum atomic E-state index is 0.00942. The van der Waals surface area contributed by atoms with Crippen LogP contribution < -0.4 is 9.80 Å². The highest BCUT2D eigenvalue weighted by molar-refractivity contribution is 5.77. The summed E-state index contributed by atoms with van der Waals surface area (Å²) in [6.45, 7) is 16.9. The molecule has 1 saturated carbocycles. The molecule has 0 unspecified atom stereocenters. The molecule has 0 aliphatic heterocycles. The summed E-state index contributed by atoms with van der Waals surface area (Å²) >= 11 is 0. The van der Waals surface area contributed by atoms with Crippen LogP contribution in [0.4, 0.5) is 28.4 Å². The molecule has 1 fully saturated rings. The maximum Gasteiger partial charge on any atom is 0.0461 e. The molecule has 2 heteroatoms. The summed E-state index contributed by atoms with van der Waals surface area (Å²) < 4.78 is 0. The molecular weight excluding hydrogens is 605 g/mol. The molecule has 50 heavy (non-hydrogen) atoms. The maximum absolute atomic E-state index is 2.40. The Balaban J connectivity index is 0.00000239. The largest absolute Gasteiger partial charge is 0.315 e. The summed E-state index contributed by atoms with van der Waals surface area (Å²) in [6.07, 6.45) is 10.6. The van der Waals surface area contributed by atoms with Crippen molar-refractivity contribution >= 4 is 28.4 Å². The van der Waals surface area contributed by atoms with Crippen LogP contribution in [-0.2, 0) is 5.41 Å². The minimum absolute atomic E-state index is 0.00942. The number of allylic oxidation sites excluding steroid dienone is 4. The van der Waals surface area contributed by atoms with E-state index in [0.29, 0.717) is 0 Å². The first-order valence-electron chi connectivity index (χ1n) is 18.6. The van der Waals surface area contributed by atoms with Crippen LogP contribution in [0.3, 0.4) is 0 Å². The molecule has 0 radical (unpaired) electrons. The monoisotopic (exact) mass is 660 g/mol. The number of rotatable bonds is 9. The second kappa shape index (κ2) is 16.7. The molecule has 5 aromatic rings. The van der Waals surface area contributed by atoms with E-state index in [4.69, 9.17) is 0 Å². The van der Waals surface area contributed by atoms with Crippen molar-refractivity contribution in [3.63, 3.8) is 0 Å². The molecule has 1 aliphatic rings. The van der Waals surface area contributed by atoms with Gasteiger partial charge in [0.2, 0.25) is 0 Å². The Morgan fingerprint density at radius 1 is 0.460 bits per heavy atom. The number of aryl methyl sites for hydroxylation is 3. The van der Waals surface area contributed by atoms with E-state index in [1.807, 2.05) is 13.8 Å². The van der Waals surface area contributed by atoms with Crippen LogP contribution in [0.15, 0.2) is 145 Å². The minimum Gasteiger partial charge on any atom is -0.315 e. The van der Waals surface area contributed by atoms with Crippen LogP contribution in [0.5, 0.6) is 0 Å². The van der Waals surface area contributed by atoms with Crippen molar-refractivity contribution < 1.29 is 0 Å². The fourth-order valence-corrected chi connectivity index (χ4v) is 7.21. The van der Waals surface area contributed by atoms with Crippen LogP contribution in [0.1, 0.15) is 94.5 Å². The molecule has 2 nitrogen and oxygen atoms in total. The first kappa shape index (κ1) is 36.5. The Kier molecular flexibility index (Phi) is 12.2. The Bertz CT molecular complexity index is 1800. The van der Waals surface area contributed by atoms with Crippen molar-refractivity contribution in [1.82, 2.24) is 0 Å². The Hall–Kier alpha value is -4.82. The lowest BCUT2D eigenvalue weighted by Gasteiger charge is -2.39. The predicted octanol–water partition coefficient (Wildman–Crippen LogP) is 14.4. The van der Waals surface area contributed by atoms with E-state index in [-0.39, 0.29) is 5.41 Å². The van der Waals surface area contributed by atoms with E-state index in [1.54, 1.807) is 0 Å². The standard InChI is InChI=1S/C46H50N2.C2H6/c1-34(2)10-17-38(6)47(41-22-11-35(3)12-23-41)42-28-18-39(19-29-42)46(32-8-7-9-33-46)40-20-30-45(31-21-40)48(43-24-13-36(4)14-25-43)44-26-15-37(5)16-27-44;1-2/h10-31H,7-9,32-33H2,1-6H3;1-2H3/b38-17+;. The molecule has 0 saturated heterocycles. The van der Waals surface area contributed by atoms with Gasteiger partial charge in [-0.15, -0.1) is 0 Å². The van der Waals surface area contributed by atoms with Crippen molar-refractivity contribution in [2.24, 2.45) is 0 Å². The fourth-order valence-electron chi connectivity index (χ4n) is 7.21. The third kappa shape index (κ3) is 8.30. The Morgan fingerprint density at radius 2 is 0.800 bits per heavy atom. The lowest BCUT2D eigenvalue weighted by molar-refractivity contribution is 0.346. The van der Waals surface area contributed by atoms with Crippen LogP contribution in [0.25, 0.3) is 0 Å². The number of benzene rings is 5. The van der Waals surface area contributed by atoms with Crippen molar-refractivity contribution in [3.05, 3.63) is 173 Å². The molecular formula is C48H56N2. The Labute approximate surface area is 302 Å². The molecule has 1 aliphatic carbocycles. The number of hydrogen-bond donors (Lipinski definition) is 0. The number of nitrogens with zero attached hydrogens (tertiary/aromatic N) is 2. The first-order valence-corrected chi connectivity index (χ1v) is 18.6. The SMILES string of the molecule is CC.CC(C)=C/C=C(\C)N(c1ccc(C)cc1)c1ccc(C2(c3ccc(N(c4ccc(C)cc4)c4ccc(C)cc4)cc3)CCCCC2)cc1. The van der Waals surface area contributed by atoms with Crippen LogP contribution >= 0.6 is 0 Å². The third-order valence-corrected chi connectivity index (χ3v) is 9.95. The molecule has 6 rings (SSSR count). The van der Waals surface area contributed by atoms with Crippen LogP contribution in [0, 0.1) is 20.8 Å². The van der Waals surface area contributed by atoms with Gasteiger partial charge in [-0.3, -0.25) is 0 Å². The quantitative estimate of drug-likeness (QED) is 0.145. The van der Waals surface area contributed by atoms with Gasteiger partial charge >= 0.3 is 0 Å². The average Bonchev–Trinajstić information content (AvgIpc) is 3.15. The molecule has 0 aromatic heterocycles. The smallest absolute Gasteiger partial charge is 0.0461 e. The van der Waals surface area contributed by atoms with Gasteiger partial charge < -0.3 is 9.80 Å². The zero-order chi connectivity index (χ0) is 35.7. The van der Waals surface area contributed by atoms with Crippen LogP contribution in [0.2, 0.25) is 0 Å². The Morgan fingerprint density at radius 3 is 1.18 bits per heavy atom. The van der Waals surface area contributed by atoms with E-state index in [1.165, 1.54) is 99.6 Å². The molecule has 0 amide bonds. The normalized spacial score (nSPS) is 13.9. The van der Waals surface area contributed by atoms with Gasteiger partial charge in [0, 0.05) is 39.5 Å². The van der Waals surface area contributed by atoms with E-state index >= 15 is 0 Å². The number of anilines is 5. The van der Waals surface area contributed by atoms with Gasteiger partial charge in [-0.1, -0.05) is 122 Å². The lowest BCUT2D eigenvalue weighted by atomic mass is 9.65. The van der Waals surface area contributed by atoms with Crippen LogP contribution in [-0.4, -0.2) is 0 Å². The lowest BCUT2D eigenvalue weighted by Crippen LogP contribution is -2.30. The molecule has 0 atom stereocenters. The summed E-state index contributed by atoms with van der Waals surface area (Å²) in [5.74, 6) is 0. The predicted molar refractivity (Wildman–Crippen MR) is 219 cm³/mol. The fraction of sp³-hybridized carbons (Fsp3) is 0.292. The summed E-state index contributed by atoms with van der Waals surface area (Å²) in [5.41, 5.74) is 15.0. The average molecular weight is 661 g/mol. The van der Waals surface area contributed by atoms with Crippen molar-refractivity contribution in [3.8, 4) is 0 Å². The summed E-state index contributed by atoms with van der Waals surface area (Å²) in [5, 5.41) is 0.